The molecular formula is C28H27NO5S. The van der Waals surface area contributed by atoms with E-state index >= 15 is 0 Å². The van der Waals surface area contributed by atoms with Crippen molar-refractivity contribution in [2.45, 2.75) is 46.3 Å². The first kappa shape index (κ1) is 24.4. The van der Waals surface area contributed by atoms with Gasteiger partial charge in [-0.25, -0.2) is 0 Å². The van der Waals surface area contributed by atoms with E-state index in [4.69, 9.17) is 4.74 Å². The molecule has 180 valence electrons. The van der Waals surface area contributed by atoms with E-state index in [9.17, 15) is 19.5 Å². The minimum absolute atomic E-state index is 0.0605. The van der Waals surface area contributed by atoms with E-state index in [1.54, 1.807) is 44.2 Å². The summed E-state index contributed by atoms with van der Waals surface area (Å²) in [6, 6.07) is 15.3. The van der Waals surface area contributed by atoms with Gasteiger partial charge in [0.2, 0.25) is 0 Å². The normalized spacial score (nSPS) is 17.3. The number of aliphatic hydroxyl groups is 1. The van der Waals surface area contributed by atoms with Crippen LogP contribution in [-0.2, 0) is 25.5 Å². The minimum Gasteiger partial charge on any atom is -0.507 e. The lowest BCUT2D eigenvalue weighted by Crippen LogP contribution is -2.29. The van der Waals surface area contributed by atoms with Gasteiger partial charge in [-0.1, -0.05) is 30.3 Å². The van der Waals surface area contributed by atoms with Gasteiger partial charge in [-0.3, -0.25) is 19.3 Å². The Hall–Kier alpha value is -3.71. The van der Waals surface area contributed by atoms with Crippen LogP contribution in [0.4, 0.5) is 5.69 Å². The number of carbonyl (C=O) groups is 3. The highest BCUT2D eigenvalue weighted by molar-refractivity contribution is 7.10. The van der Waals surface area contributed by atoms with Crippen molar-refractivity contribution in [1.29, 1.82) is 0 Å². The zero-order valence-corrected chi connectivity index (χ0v) is 20.9. The van der Waals surface area contributed by atoms with Gasteiger partial charge < -0.3 is 9.84 Å². The minimum atomic E-state index is -0.756. The summed E-state index contributed by atoms with van der Waals surface area (Å²) in [5.74, 6) is -1.97. The molecule has 1 amide bonds. The van der Waals surface area contributed by atoms with Gasteiger partial charge in [0.25, 0.3) is 11.7 Å². The summed E-state index contributed by atoms with van der Waals surface area (Å²) in [5.41, 5.74) is 3.83. The molecule has 1 atom stereocenters. The molecule has 0 radical (unpaired) electrons. The molecule has 7 heteroatoms. The SMILES string of the molecule is Cc1ccc(/C(O)=C2/C(=O)C(=O)N(c3ccc(CC(=O)OC(C)C)cc3)C2c2cccs2)cc1C. The van der Waals surface area contributed by atoms with Crippen LogP contribution in [-0.4, -0.2) is 28.9 Å². The molecular weight excluding hydrogens is 462 g/mol. The third kappa shape index (κ3) is 4.91. The van der Waals surface area contributed by atoms with E-state index in [0.717, 1.165) is 21.6 Å². The molecule has 0 aliphatic carbocycles. The van der Waals surface area contributed by atoms with Crippen molar-refractivity contribution in [3.8, 4) is 0 Å². The van der Waals surface area contributed by atoms with Crippen LogP contribution in [0, 0.1) is 13.8 Å². The number of nitrogens with zero attached hydrogens (tertiary/aromatic N) is 1. The Balaban J connectivity index is 1.75. The molecule has 1 fully saturated rings. The van der Waals surface area contributed by atoms with Crippen LogP contribution in [0.15, 0.2) is 65.6 Å². The summed E-state index contributed by atoms with van der Waals surface area (Å²) >= 11 is 1.41. The molecule has 2 aromatic carbocycles. The first-order valence-electron chi connectivity index (χ1n) is 11.4. The molecule has 1 unspecified atom stereocenters. The van der Waals surface area contributed by atoms with Gasteiger partial charge in [-0.05, 0) is 74.0 Å². The van der Waals surface area contributed by atoms with Crippen LogP contribution >= 0.6 is 11.3 Å². The van der Waals surface area contributed by atoms with Crippen LogP contribution in [0.25, 0.3) is 5.76 Å². The Morgan fingerprint density at radius 1 is 1.06 bits per heavy atom. The molecule has 1 aliphatic rings. The number of rotatable bonds is 6. The van der Waals surface area contributed by atoms with E-state index in [1.165, 1.54) is 16.2 Å². The zero-order chi connectivity index (χ0) is 25.3. The zero-order valence-electron chi connectivity index (χ0n) is 20.1. The second-order valence-corrected chi connectivity index (χ2v) is 9.84. The molecule has 1 saturated heterocycles. The molecule has 35 heavy (non-hydrogen) atoms. The Kier molecular flexibility index (Phi) is 6.89. The molecule has 6 nitrogen and oxygen atoms in total. The number of anilines is 1. The van der Waals surface area contributed by atoms with Crippen molar-refractivity contribution >= 4 is 40.4 Å². The number of hydrogen-bond donors (Lipinski definition) is 1. The number of Topliss-reactive ketones (excluding diaryl/α,β-unsaturated/α-hetero) is 1. The molecule has 2 heterocycles. The topological polar surface area (TPSA) is 83.9 Å². The molecule has 0 saturated carbocycles. The number of thiophene rings is 1. The van der Waals surface area contributed by atoms with Crippen molar-refractivity contribution in [2.24, 2.45) is 0 Å². The fourth-order valence-corrected chi connectivity index (χ4v) is 4.93. The Labute approximate surface area is 208 Å². The second-order valence-electron chi connectivity index (χ2n) is 8.87. The Morgan fingerprint density at radius 3 is 2.37 bits per heavy atom. The maximum absolute atomic E-state index is 13.2. The lowest BCUT2D eigenvalue weighted by Gasteiger charge is -2.24. The maximum atomic E-state index is 13.2. The highest BCUT2D eigenvalue weighted by Gasteiger charge is 2.47. The van der Waals surface area contributed by atoms with Crippen molar-refractivity contribution in [3.05, 3.63) is 92.7 Å². The van der Waals surface area contributed by atoms with Gasteiger partial charge >= 0.3 is 5.97 Å². The number of benzene rings is 2. The standard InChI is InChI=1S/C28H27NO5S/c1-16(2)34-23(30)15-19-8-11-21(12-9-19)29-25(22-6-5-13-35-22)24(27(32)28(29)33)26(31)20-10-7-17(3)18(4)14-20/h5-14,16,25,31H,15H2,1-4H3/b26-24-. The van der Waals surface area contributed by atoms with E-state index in [-0.39, 0.29) is 29.8 Å². The van der Waals surface area contributed by atoms with Gasteiger partial charge in [0.05, 0.1) is 18.1 Å². The average molecular weight is 490 g/mol. The first-order valence-corrected chi connectivity index (χ1v) is 12.3. The predicted molar refractivity (Wildman–Crippen MR) is 136 cm³/mol. The van der Waals surface area contributed by atoms with E-state index in [2.05, 4.69) is 0 Å². The number of ketones is 1. The van der Waals surface area contributed by atoms with Crippen LogP contribution in [0.2, 0.25) is 0 Å². The summed E-state index contributed by atoms with van der Waals surface area (Å²) in [6.45, 7) is 7.48. The van der Waals surface area contributed by atoms with E-state index < -0.39 is 17.7 Å². The van der Waals surface area contributed by atoms with Crippen molar-refractivity contribution < 1.29 is 24.2 Å². The van der Waals surface area contributed by atoms with Gasteiger partial charge in [0.15, 0.2) is 0 Å². The van der Waals surface area contributed by atoms with E-state index in [0.29, 0.717) is 11.3 Å². The molecule has 1 aliphatic heterocycles. The van der Waals surface area contributed by atoms with Crippen LogP contribution < -0.4 is 4.90 Å². The number of hydrogen-bond acceptors (Lipinski definition) is 6. The second kappa shape index (κ2) is 9.88. The number of ether oxygens (including phenoxy) is 1. The predicted octanol–water partition coefficient (Wildman–Crippen LogP) is 5.49. The number of carbonyl (C=O) groups excluding carboxylic acids is 3. The third-order valence-electron chi connectivity index (χ3n) is 5.97. The lowest BCUT2D eigenvalue weighted by molar-refractivity contribution is -0.146. The number of esters is 1. The molecule has 1 aromatic heterocycles. The van der Waals surface area contributed by atoms with Crippen molar-refractivity contribution in [1.82, 2.24) is 0 Å². The van der Waals surface area contributed by atoms with Gasteiger partial charge in [0.1, 0.15) is 11.8 Å². The number of aryl methyl sites for hydroxylation is 2. The van der Waals surface area contributed by atoms with Crippen molar-refractivity contribution in [3.63, 3.8) is 0 Å². The van der Waals surface area contributed by atoms with Gasteiger partial charge in [-0.2, -0.15) is 0 Å². The summed E-state index contributed by atoms with van der Waals surface area (Å²) in [4.78, 5) is 40.6. The maximum Gasteiger partial charge on any atom is 0.310 e. The Bertz CT molecular complexity index is 1310. The van der Waals surface area contributed by atoms with Crippen LogP contribution in [0.5, 0.6) is 0 Å². The monoisotopic (exact) mass is 489 g/mol. The van der Waals surface area contributed by atoms with Gasteiger partial charge in [-0.15, -0.1) is 11.3 Å². The molecule has 1 N–H and O–H groups in total. The smallest absolute Gasteiger partial charge is 0.310 e. The fourth-order valence-electron chi connectivity index (χ4n) is 4.10. The summed E-state index contributed by atoms with van der Waals surface area (Å²) in [5, 5.41) is 13.1. The largest absolute Gasteiger partial charge is 0.507 e. The summed E-state index contributed by atoms with van der Waals surface area (Å²) in [7, 11) is 0. The first-order chi connectivity index (χ1) is 16.7. The van der Waals surface area contributed by atoms with Gasteiger partial charge in [0, 0.05) is 16.1 Å². The Morgan fingerprint density at radius 2 is 1.77 bits per heavy atom. The molecule has 3 aromatic rings. The van der Waals surface area contributed by atoms with E-state index in [1.807, 2.05) is 43.5 Å². The van der Waals surface area contributed by atoms with Crippen LogP contribution in [0.1, 0.15) is 47.0 Å². The number of aliphatic hydroxyl groups excluding tert-OH is 1. The van der Waals surface area contributed by atoms with Crippen LogP contribution in [0.3, 0.4) is 0 Å². The molecule has 4 rings (SSSR count). The fraction of sp³-hybridized carbons (Fsp3) is 0.250. The quantitative estimate of drug-likeness (QED) is 0.214. The highest BCUT2D eigenvalue weighted by atomic mass is 32.1. The lowest BCUT2D eigenvalue weighted by atomic mass is 9.97. The van der Waals surface area contributed by atoms with Crippen molar-refractivity contribution in [2.75, 3.05) is 4.90 Å². The summed E-state index contributed by atoms with van der Waals surface area (Å²) < 4.78 is 5.20. The third-order valence-corrected chi connectivity index (χ3v) is 6.89. The summed E-state index contributed by atoms with van der Waals surface area (Å²) in [6.07, 6.45) is -0.0879. The number of amides is 1. The highest BCUT2D eigenvalue weighted by Crippen LogP contribution is 2.43. The molecule has 0 bridgehead atoms. The molecule has 0 spiro atoms. The average Bonchev–Trinajstić information content (AvgIpc) is 3.42.